The highest BCUT2D eigenvalue weighted by molar-refractivity contribution is 7.89. The lowest BCUT2D eigenvalue weighted by Crippen LogP contribution is -2.46. The molecule has 1 aliphatic rings. The number of benzene rings is 1. The summed E-state index contributed by atoms with van der Waals surface area (Å²) in [7, 11) is -3.79. The Bertz CT molecular complexity index is 638. The number of piperidine rings is 1. The van der Waals surface area contributed by atoms with Crippen LogP contribution < -0.4 is 10.5 Å². The molecule has 6 nitrogen and oxygen atoms in total. The van der Waals surface area contributed by atoms with E-state index in [1.165, 1.54) is 12.1 Å². The molecule has 22 heavy (non-hydrogen) atoms. The zero-order chi connectivity index (χ0) is 16.3. The van der Waals surface area contributed by atoms with E-state index < -0.39 is 10.0 Å². The van der Waals surface area contributed by atoms with E-state index in [1.54, 1.807) is 6.07 Å². The van der Waals surface area contributed by atoms with Crippen molar-refractivity contribution in [3.63, 3.8) is 0 Å². The number of hydrogen-bond donors (Lipinski definition) is 2. The molecule has 0 bridgehead atoms. The average molecular weight is 366 g/mol. The molecule has 2 rings (SSSR count). The summed E-state index contributed by atoms with van der Waals surface area (Å²) in [5, 5.41) is 0.178. The summed E-state index contributed by atoms with van der Waals surface area (Å²) in [5.74, 6) is -0.387. The zero-order valence-electron chi connectivity index (χ0n) is 11.8. The van der Waals surface area contributed by atoms with Crippen LogP contribution in [0.4, 0.5) is 0 Å². The van der Waals surface area contributed by atoms with E-state index in [0.717, 1.165) is 0 Å². The van der Waals surface area contributed by atoms with Gasteiger partial charge in [0, 0.05) is 19.1 Å². The van der Waals surface area contributed by atoms with Crippen LogP contribution in [0.25, 0.3) is 0 Å². The van der Waals surface area contributed by atoms with Crippen molar-refractivity contribution in [2.45, 2.75) is 23.8 Å². The second-order valence-corrected chi connectivity index (χ2v) is 7.65. The monoisotopic (exact) mass is 365 g/mol. The Kier molecular flexibility index (Phi) is 5.68. The second kappa shape index (κ2) is 7.14. The summed E-state index contributed by atoms with van der Waals surface area (Å²) in [6.45, 7) is 1.40. The molecule has 1 amide bonds. The number of amides is 1. The van der Waals surface area contributed by atoms with Gasteiger partial charge >= 0.3 is 0 Å². The fraction of sp³-hybridized carbons (Fsp3) is 0.462. The van der Waals surface area contributed by atoms with Crippen LogP contribution in [-0.2, 0) is 14.8 Å². The Morgan fingerprint density at radius 3 is 2.32 bits per heavy atom. The van der Waals surface area contributed by atoms with E-state index in [2.05, 4.69) is 4.72 Å². The highest BCUT2D eigenvalue weighted by atomic mass is 35.5. The van der Waals surface area contributed by atoms with E-state index in [1.807, 2.05) is 4.90 Å². The summed E-state index contributed by atoms with van der Waals surface area (Å²) >= 11 is 11.9. The molecule has 0 spiro atoms. The molecule has 0 aliphatic carbocycles. The van der Waals surface area contributed by atoms with E-state index in [4.69, 9.17) is 28.9 Å². The molecule has 1 fully saturated rings. The van der Waals surface area contributed by atoms with E-state index in [-0.39, 0.29) is 33.4 Å². The molecule has 0 unspecified atom stereocenters. The molecular weight excluding hydrogens is 349 g/mol. The van der Waals surface area contributed by atoms with Gasteiger partial charge in [-0.25, -0.2) is 13.1 Å². The number of nitrogens with two attached hydrogens (primary N) is 1. The van der Waals surface area contributed by atoms with Crippen molar-refractivity contribution >= 4 is 39.1 Å². The Hall–Kier alpha value is -0.860. The van der Waals surface area contributed by atoms with Crippen LogP contribution in [0, 0.1) is 0 Å². The van der Waals surface area contributed by atoms with Gasteiger partial charge in [-0.15, -0.1) is 0 Å². The Labute approximate surface area is 139 Å². The van der Waals surface area contributed by atoms with Gasteiger partial charge in [-0.1, -0.05) is 29.3 Å². The molecule has 9 heteroatoms. The number of likely N-dealkylation sites (tertiary alicyclic amines) is 1. The molecule has 0 aromatic heterocycles. The second-order valence-electron chi connectivity index (χ2n) is 5.19. The molecule has 0 radical (unpaired) electrons. The summed E-state index contributed by atoms with van der Waals surface area (Å²) in [5.41, 5.74) is 5.15. The number of primary amides is 1. The van der Waals surface area contributed by atoms with Gasteiger partial charge in [0.25, 0.3) is 0 Å². The third-order valence-corrected chi connectivity index (χ3v) is 5.95. The summed E-state index contributed by atoms with van der Waals surface area (Å²) in [6, 6.07) is 4.34. The molecule has 1 heterocycles. The van der Waals surface area contributed by atoms with Crippen LogP contribution in [0.15, 0.2) is 23.1 Å². The van der Waals surface area contributed by atoms with Crippen molar-refractivity contribution in [1.82, 2.24) is 9.62 Å². The first-order chi connectivity index (χ1) is 10.3. The third kappa shape index (κ3) is 4.33. The standard InChI is InChI=1S/C13H17Cl2N3O3S/c14-10-2-1-3-11(15)13(10)22(20,21)17-9-4-6-18(7-5-9)8-12(16)19/h1-3,9,17H,4-8H2,(H2,16,19). The first-order valence-electron chi connectivity index (χ1n) is 6.76. The molecule has 1 saturated heterocycles. The van der Waals surface area contributed by atoms with Gasteiger partial charge in [-0.3, -0.25) is 9.69 Å². The van der Waals surface area contributed by atoms with Crippen molar-refractivity contribution in [3.8, 4) is 0 Å². The number of halogens is 2. The molecule has 3 N–H and O–H groups in total. The lowest BCUT2D eigenvalue weighted by molar-refractivity contribution is -0.119. The van der Waals surface area contributed by atoms with Crippen LogP contribution >= 0.6 is 23.2 Å². The average Bonchev–Trinajstić information content (AvgIpc) is 2.39. The number of carbonyl (C=O) groups excluding carboxylic acids is 1. The minimum Gasteiger partial charge on any atom is -0.369 e. The number of rotatable bonds is 5. The maximum atomic E-state index is 12.4. The van der Waals surface area contributed by atoms with Crippen LogP contribution in [0.2, 0.25) is 10.0 Å². The first-order valence-corrected chi connectivity index (χ1v) is 9.00. The van der Waals surface area contributed by atoms with Crippen molar-refractivity contribution in [2.24, 2.45) is 5.73 Å². The smallest absolute Gasteiger partial charge is 0.243 e. The Balaban J connectivity index is 2.04. The van der Waals surface area contributed by atoms with Crippen molar-refractivity contribution in [1.29, 1.82) is 0 Å². The predicted molar refractivity (Wildman–Crippen MR) is 85.4 cm³/mol. The van der Waals surface area contributed by atoms with Gasteiger partial charge in [0.05, 0.1) is 16.6 Å². The third-order valence-electron chi connectivity index (χ3n) is 3.48. The van der Waals surface area contributed by atoms with Gasteiger partial charge in [-0.2, -0.15) is 0 Å². The number of nitrogens with zero attached hydrogens (tertiary/aromatic N) is 1. The molecular formula is C13H17Cl2N3O3S. The Morgan fingerprint density at radius 1 is 1.27 bits per heavy atom. The van der Waals surface area contributed by atoms with Crippen molar-refractivity contribution < 1.29 is 13.2 Å². The van der Waals surface area contributed by atoms with Crippen LogP contribution in [-0.4, -0.2) is 44.9 Å². The molecule has 1 aromatic carbocycles. The molecule has 122 valence electrons. The van der Waals surface area contributed by atoms with Gasteiger partial charge in [0.15, 0.2) is 0 Å². The quantitative estimate of drug-likeness (QED) is 0.820. The molecule has 0 atom stereocenters. The maximum absolute atomic E-state index is 12.4. The Morgan fingerprint density at radius 2 is 1.82 bits per heavy atom. The predicted octanol–water partition coefficient (Wildman–Crippen LogP) is 1.22. The summed E-state index contributed by atoms with van der Waals surface area (Å²) in [4.78, 5) is 12.7. The molecule has 1 aliphatic heterocycles. The number of sulfonamides is 1. The lowest BCUT2D eigenvalue weighted by Gasteiger charge is -2.31. The minimum absolute atomic E-state index is 0.0890. The van der Waals surface area contributed by atoms with Crippen molar-refractivity contribution in [3.05, 3.63) is 28.2 Å². The van der Waals surface area contributed by atoms with Crippen molar-refractivity contribution in [2.75, 3.05) is 19.6 Å². The summed E-state index contributed by atoms with van der Waals surface area (Å²) in [6.07, 6.45) is 1.18. The topological polar surface area (TPSA) is 92.5 Å². The van der Waals surface area contributed by atoms with Gasteiger partial charge in [0.1, 0.15) is 4.90 Å². The highest BCUT2D eigenvalue weighted by Crippen LogP contribution is 2.29. The maximum Gasteiger partial charge on any atom is 0.243 e. The van der Waals surface area contributed by atoms with Gasteiger partial charge in [0.2, 0.25) is 15.9 Å². The van der Waals surface area contributed by atoms with Gasteiger partial charge < -0.3 is 5.73 Å². The molecule has 0 saturated carbocycles. The van der Waals surface area contributed by atoms with Crippen LogP contribution in [0.5, 0.6) is 0 Å². The SMILES string of the molecule is NC(=O)CN1CCC(NS(=O)(=O)c2c(Cl)cccc2Cl)CC1. The normalized spacial score (nSPS) is 17.5. The molecule has 1 aromatic rings. The summed E-state index contributed by atoms with van der Waals surface area (Å²) < 4.78 is 27.5. The van der Waals surface area contributed by atoms with E-state index in [9.17, 15) is 13.2 Å². The van der Waals surface area contributed by atoms with Gasteiger partial charge in [-0.05, 0) is 25.0 Å². The number of carbonyl (C=O) groups is 1. The minimum atomic E-state index is -3.79. The zero-order valence-corrected chi connectivity index (χ0v) is 14.1. The van der Waals surface area contributed by atoms with E-state index >= 15 is 0 Å². The lowest BCUT2D eigenvalue weighted by atomic mass is 10.1. The number of hydrogen-bond acceptors (Lipinski definition) is 4. The van der Waals surface area contributed by atoms with E-state index in [0.29, 0.717) is 25.9 Å². The highest BCUT2D eigenvalue weighted by Gasteiger charge is 2.27. The van der Waals surface area contributed by atoms with Crippen LogP contribution in [0.3, 0.4) is 0 Å². The van der Waals surface area contributed by atoms with Crippen LogP contribution in [0.1, 0.15) is 12.8 Å². The fourth-order valence-electron chi connectivity index (χ4n) is 2.45. The largest absolute Gasteiger partial charge is 0.369 e. The first kappa shape index (κ1) is 17.5. The fourth-order valence-corrected chi connectivity index (χ4v) is 4.90. The number of nitrogens with one attached hydrogen (secondary N) is 1.